The highest BCUT2D eigenvalue weighted by Gasteiger charge is 2.18. The zero-order chi connectivity index (χ0) is 15.3. The normalized spacial score (nSPS) is 10.6. The average molecular weight is 300 g/mol. The quantitative estimate of drug-likeness (QED) is 0.807. The number of ether oxygens (including phenoxy) is 2. The number of halogens is 1. The van der Waals surface area contributed by atoms with Gasteiger partial charge in [-0.25, -0.2) is 0 Å². The van der Waals surface area contributed by atoms with Gasteiger partial charge in [0.15, 0.2) is 11.5 Å². The SMILES string of the molecule is CCOc1c(Cl)cc(C(=O)N(C)CC(C)C)cc1OC. The molecule has 20 heavy (non-hydrogen) atoms. The van der Waals surface area contributed by atoms with Crippen molar-refractivity contribution in [1.82, 2.24) is 4.90 Å². The van der Waals surface area contributed by atoms with Crippen LogP contribution < -0.4 is 9.47 Å². The van der Waals surface area contributed by atoms with Crippen molar-refractivity contribution < 1.29 is 14.3 Å². The smallest absolute Gasteiger partial charge is 0.253 e. The molecule has 0 bridgehead atoms. The molecular formula is C15H22ClNO3. The van der Waals surface area contributed by atoms with E-state index in [0.29, 0.717) is 41.2 Å². The molecule has 0 fully saturated rings. The molecule has 0 aliphatic heterocycles. The van der Waals surface area contributed by atoms with Gasteiger partial charge in [-0.15, -0.1) is 0 Å². The van der Waals surface area contributed by atoms with E-state index in [-0.39, 0.29) is 5.91 Å². The molecule has 0 atom stereocenters. The van der Waals surface area contributed by atoms with E-state index < -0.39 is 0 Å². The number of benzene rings is 1. The largest absolute Gasteiger partial charge is 0.493 e. The molecule has 0 spiro atoms. The summed E-state index contributed by atoms with van der Waals surface area (Å²) in [7, 11) is 3.30. The lowest BCUT2D eigenvalue weighted by Crippen LogP contribution is -2.30. The fourth-order valence-corrected chi connectivity index (χ4v) is 2.24. The van der Waals surface area contributed by atoms with Crippen molar-refractivity contribution in [1.29, 1.82) is 0 Å². The van der Waals surface area contributed by atoms with E-state index in [2.05, 4.69) is 13.8 Å². The van der Waals surface area contributed by atoms with E-state index in [9.17, 15) is 4.79 Å². The molecule has 1 amide bonds. The minimum absolute atomic E-state index is 0.0815. The first kappa shape index (κ1) is 16.6. The van der Waals surface area contributed by atoms with Crippen LogP contribution in [0.15, 0.2) is 12.1 Å². The predicted molar refractivity (Wildman–Crippen MR) is 81.0 cm³/mol. The molecule has 5 heteroatoms. The van der Waals surface area contributed by atoms with Gasteiger partial charge in [-0.1, -0.05) is 25.4 Å². The van der Waals surface area contributed by atoms with E-state index in [4.69, 9.17) is 21.1 Å². The molecule has 1 aromatic rings. The Morgan fingerprint density at radius 2 is 2.05 bits per heavy atom. The fraction of sp³-hybridized carbons (Fsp3) is 0.533. The first-order valence-electron chi connectivity index (χ1n) is 6.66. The van der Waals surface area contributed by atoms with Crippen molar-refractivity contribution in [3.63, 3.8) is 0 Å². The van der Waals surface area contributed by atoms with Crippen molar-refractivity contribution in [2.45, 2.75) is 20.8 Å². The summed E-state index contributed by atoms with van der Waals surface area (Å²) in [6.45, 7) is 7.17. The molecule has 0 saturated heterocycles. The summed E-state index contributed by atoms with van der Waals surface area (Å²) in [6, 6.07) is 3.28. The molecule has 0 aliphatic rings. The summed E-state index contributed by atoms with van der Waals surface area (Å²) in [5.74, 6) is 1.27. The third-order valence-corrected chi connectivity index (χ3v) is 3.03. The van der Waals surface area contributed by atoms with E-state index in [1.807, 2.05) is 6.92 Å². The highest BCUT2D eigenvalue weighted by Crippen LogP contribution is 2.36. The third kappa shape index (κ3) is 4.04. The van der Waals surface area contributed by atoms with Gasteiger partial charge < -0.3 is 14.4 Å². The molecule has 0 heterocycles. The predicted octanol–water partition coefficient (Wildman–Crippen LogP) is 3.48. The number of carbonyl (C=O) groups excluding carboxylic acids is 1. The average Bonchev–Trinajstić information content (AvgIpc) is 2.39. The minimum atomic E-state index is -0.0815. The fourth-order valence-electron chi connectivity index (χ4n) is 1.98. The van der Waals surface area contributed by atoms with Crippen LogP contribution in [0.3, 0.4) is 0 Å². The van der Waals surface area contributed by atoms with Crippen LogP contribution in [-0.4, -0.2) is 38.1 Å². The molecule has 0 aliphatic carbocycles. The van der Waals surface area contributed by atoms with Gasteiger partial charge in [0.25, 0.3) is 5.91 Å². The Hall–Kier alpha value is -1.42. The van der Waals surface area contributed by atoms with E-state index in [1.165, 1.54) is 7.11 Å². The lowest BCUT2D eigenvalue weighted by Gasteiger charge is -2.20. The third-order valence-electron chi connectivity index (χ3n) is 2.75. The van der Waals surface area contributed by atoms with Crippen molar-refractivity contribution in [3.05, 3.63) is 22.7 Å². The lowest BCUT2D eigenvalue weighted by molar-refractivity contribution is 0.0778. The molecule has 0 saturated carbocycles. The van der Waals surface area contributed by atoms with Crippen molar-refractivity contribution in [2.75, 3.05) is 27.3 Å². The Kier molecular flexibility index (Phi) is 6.14. The molecule has 0 N–H and O–H groups in total. The zero-order valence-electron chi connectivity index (χ0n) is 12.7. The number of nitrogens with zero attached hydrogens (tertiary/aromatic N) is 1. The molecule has 0 unspecified atom stereocenters. The summed E-state index contributed by atoms with van der Waals surface area (Å²) in [4.78, 5) is 14.0. The Balaban J connectivity index is 3.08. The van der Waals surface area contributed by atoms with E-state index in [0.717, 1.165) is 0 Å². The monoisotopic (exact) mass is 299 g/mol. The van der Waals surface area contributed by atoms with Crippen molar-refractivity contribution in [2.24, 2.45) is 5.92 Å². The number of hydrogen-bond donors (Lipinski definition) is 0. The molecule has 4 nitrogen and oxygen atoms in total. The van der Waals surface area contributed by atoms with Gasteiger partial charge in [0.2, 0.25) is 0 Å². The summed E-state index contributed by atoms with van der Waals surface area (Å²) >= 11 is 6.17. The number of amides is 1. The summed E-state index contributed by atoms with van der Waals surface area (Å²) in [5.41, 5.74) is 0.499. The van der Waals surface area contributed by atoms with E-state index >= 15 is 0 Å². The van der Waals surface area contributed by atoms with Crippen LogP contribution in [0.4, 0.5) is 0 Å². The number of methoxy groups -OCH3 is 1. The molecule has 112 valence electrons. The zero-order valence-corrected chi connectivity index (χ0v) is 13.5. The van der Waals surface area contributed by atoms with Crippen LogP contribution in [0.2, 0.25) is 5.02 Å². The molecule has 1 aromatic carbocycles. The van der Waals surface area contributed by atoms with E-state index in [1.54, 1.807) is 24.1 Å². The Morgan fingerprint density at radius 1 is 1.40 bits per heavy atom. The molecular weight excluding hydrogens is 278 g/mol. The number of carbonyl (C=O) groups is 1. The molecule has 0 radical (unpaired) electrons. The molecule has 1 rings (SSSR count). The van der Waals surface area contributed by atoms with Gasteiger partial charge in [0.1, 0.15) is 0 Å². The van der Waals surface area contributed by atoms with Crippen LogP contribution in [0.1, 0.15) is 31.1 Å². The first-order chi connectivity index (χ1) is 9.40. The summed E-state index contributed by atoms with van der Waals surface area (Å²) in [5, 5.41) is 0.382. The number of rotatable bonds is 6. The Morgan fingerprint density at radius 3 is 2.55 bits per heavy atom. The van der Waals surface area contributed by atoms with Crippen LogP contribution in [0.25, 0.3) is 0 Å². The van der Waals surface area contributed by atoms with Crippen molar-refractivity contribution in [3.8, 4) is 11.5 Å². The Bertz CT molecular complexity index is 474. The second-order valence-corrected chi connectivity index (χ2v) is 5.41. The lowest BCUT2D eigenvalue weighted by atomic mass is 10.1. The first-order valence-corrected chi connectivity index (χ1v) is 7.04. The van der Waals surface area contributed by atoms with Gasteiger partial charge in [0.05, 0.1) is 18.7 Å². The van der Waals surface area contributed by atoms with Crippen LogP contribution in [-0.2, 0) is 0 Å². The highest BCUT2D eigenvalue weighted by atomic mass is 35.5. The van der Waals surface area contributed by atoms with Crippen LogP contribution >= 0.6 is 11.6 Å². The van der Waals surface area contributed by atoms with Gasteiger partial charge in [-0.2, -0.15) is 0 Å². The maximum atomic E-state index is 12.3. The molecule has 0 aromatic heterocycles. The second-order valence-electron chi connectivity index (χ2n) is 5.00. The summed E-state index contributed by atoms with van der Waals surface area (Å²) < 4.78 is 10.7. The van der Waals surface area contributed by atoms with Gasteiger partial charge in [-0.3, -0.25) is 4.79 Å². The van der Waals surface area contributed by atoms with Gasteiger partial charge in [0, 0.05) is 19.2 Å². The van der Waals surface area contributed by atoms with Gasteiger partial charge >= 0.3 is 0 Å². The minimum Gasteiger partial charge on any atom is -0.493 e. The van der Waals surface area contributed by atoms with Gasteiger partial charge in [-0.05, 0) is 25.0 Å². The summed E-state index contributed by atoms with van der Waals surface area (Å²) in [6.07, 6.45) is 0. The van der Waals surface area contributed by atoms with Crippen molar-refractivity contribution >= 4 is 17.5 Å². The maximum absolute atomic E-state index is 12.3. The topological polar surface area (TPSA) is 38.8 Å². The second kappa shape index (κ2) is 7.39. The Labute approximate surface area is 125 Å². The standard InChI is InChI=1S/C15H22ClNO3/c1-6-20-14-12(16)7-11(8-13(14)19-5)15(18)17(4)9-10(2)3/h7-8,10H,6,9H2,1-5H3. The maximum Gasteiger partial charge on any atom is 0.253 e. The highest BCUT2D eigenvalue weighted by molar-refractivity contribution is 6.32. The van der Waals surface area contributed by atoms with Crippen LogP contribution in [0.5, 0.6) is 11.5 Å². The number of hydrogen-bond acceptors (Lipinski definition) is 3. The van der Waals surface area contributed by atoms with Crippen LogP contribution in [0, 0.1) is 5.92 Å².